The molecule has 0 bridgehead atoms. The standard InChI is InChI=1S/C64H44N2S/c1-4-16-45(17-5-1)48-30-36-53(37-31-48)65(54-38-32-49(33-39-54)46-18-6-2-7-19-46)56-42-52(59-26-14-23-51-22-10-11-24-58(51)59)43-57(44-56)66(55-40-34-50(35-41-55)47-20-8-3-9-21-47)62-28-15-27-61-60-25-12-13-29-63(60)67-64(61)62/h1-44H. The van der Waals surface area contributed by atoms with Gasteiger partial charge in [-0.15, -0.1) is 11.3 Å². The van der Waals surface area contributed by atoms with E-state index in [0.29, 0.717) is 0 Å². The van der Waals surface area contributed by atoms with Gasteiger partial charge in [0.25, 0.3) is 0 Å². The van der Waals surface area contributed by atoms with Crippen LogP contribution in [0.4, 0.5) is 34.1 Å². The molecule has 0 unspecified atom stereocenters. The van der Waals surface area contributed by atoms with Crippen LogP contribution < -0.4 is 9.80 Å². The summed E-state index contributed by atoms with van der Waals surface area (Å²) in [5.41, 5.74) is 15.9. The zero-order chi connectivity index (χ0) is 44.5. The molecule has 0 fully saturated rings. The van der Waals surface area contributed by atoms with E-state index in [2.05, 4.69) is 277 Å². The van der Waals surface area contributed by atoms with E-state index >= 15 is 0 Å². The van der Waals surface area contributed by atoms with Crippen molar-refractivity contribution in [2.45, 2.75) is 0 Å². The maximum Gasteiger partial charge on any atom is 0.0640 e. The molecule has 0 aliphatic heterocycles. The molecule has 0 aliphatic carbocycles. The van der Waals surface area contributed by atoms with E-state index in [1.165, 1.54) is 69.9 Å². The molecule has 0 N–H and O–H groups in total. The van der Waals surface area contributed by atoms with Gasteiger partial charge >= 0.3 is 0 Å². The minimum absolute atomic E-state index is 1.05. The highest BCUT2D eigenvalue weighted by Crippen LogP contribution is 2.48. The van der Waals surface area contributed by atoms with Gasteiger partial charge in [0.1, 0.15) is 0 Å². The van der Waals surface area contributed by atoms with Gasteiger partial charge in [-0.2, -0.15) is 0 Å². The van der Waals surface area contributed by atoms with E-state index < -0.39 is 0 Å². The molecule has 0 saturated carbocycles. The number of hydrogen-bond acceptors (Lipinski definition) is 3. The number of anilines is 6. The predicted octanol–water partition coefficient (Wildman–Crippen LogP) is 18.8. The molecule has 0 spiro atoms. The van der Waals surface area contributed by atoms with Crippen LogP contribution in [0, 0.1) is 0 Å². The fraction of sp³-hybridized carbons (Fsp3) is 0. The molecule has 3 heteroatoms. The summed E-state index contributed by atoms with van der Waals surface area (Å²) in [6.07, 6.45) is 0. The Morgan fingerprint density at radius 3 is 1.24 bits per heavy atom. The van der Waals surface area contributed by atoms with E-state index in [0.717, 1.165) is 39.7 Å². The zero-order valence-electron chi connectivity index (χ0n) is 36.7. The monoisotopic (exact) mass is 872 g/mol. The average Bonchev–Trinajstić information content (AvgIpc) is 3.80. The molecule has 1 heterocycles. The Labute approximate surface area is 395 Å². The number of thiophene rings is 1. The van der Waals surface area contributed by atoms with Crippen molar-refractivity contribution in [3.05, 3.63) is 267 Å². The van der Waals surface area contributed by atoms with E-state index in [4.69, 9.17) is 0 Å². The SMILES string of the molecule is c1ccc(-c2ccc(N(c3ccc(-c4ccccc4)cc3)c3cc(-c4cccc5ccccc45)cc(N(c4ccc(-c5ccccc5)cc4)c4cccc5c4sc4ccccc45)c3)cc2)cc1. The van der Waals surface area contributed by atoms with Crippen LogP contribution in [0.15, 0.2) is 267 Å². The molecule has 1 aromatic heterocycles. The maximum absolute atomic E-state index is 2.47. The average molecular weight is 873 g/mol. The topological polar surface area (TPSA) is 6.48 Å². The molecule has 0 saturated heterocycles. The van der Waals surface area contributed by atoms with Gasteiger partial charge in [0, 0.05) is 43.9 Å². The molecule has 0 atom stereocenters. The number of rotatable bonds is 10. The summed E-state index contributed by atoms with van der Waals surface area (Å²) in [6, 6.07) is 97.1. The summed E-state index contributed by atoms with van der Waals surface area (Å²) in [6.45, 7) is 0. The van der Waals surface area contributed by atoms with Crippen molar-refractivity contribution in [3.8, 4) is 44.5 Å². The summed E-state index contributed by atoms with van der Waals surface area (Å²) in [5.74, 6) is 0. The molecule has 2 nitrogen and oxygen atoms in total. The Morgan fingerprint density at radius 2 is 0.672 bits per heavy atom. The van der Waals surface area contributed by atoms with Crippen LogP contribution in [0.25, 0.3) is 75.5 Å². The van der Waals surface area contributed by atoms with Crippen molar-refractivity contribution in [1.82, 2.24) is 0 Å². The van der Waals surface area contributed by atoms with Gasteiger partial charge in [-0.3, -0.25) is 0 Å². The second-order valence-electron chi connectivity index (χ2n) is 16.9. The molecule has 12 aromatic rings. The summed E-state index contributed by atoms with van der Waals surface area (Å²) in [5, 5.41) is 4.95. The first-order chi connectivity index (χ1) is 33.2. The van der Waals surface area contributed by atoms with Crippen LogP contribution in [0.5, 0.6) is 0 Å². The smallest absolute Gasteiger partial charge is 0.0640 e. The van der Waals surface area contributed by atoms with Crippen molar-refractivity contribution in [2.75, 3.05) is 9.80 Å². The first-order valence-corrected chi connectivity index (χ1v) is 23.6. The lowest BCUT2D eigenvalue weighted by molar-refractivity contribution is 1.26. The van der Waals surface area contributed by atoms with Gasteiger partial charge < -0.3 is 9.80 Å². The van der Waals surface area contributed by atoms with Crippen molar-refractivity contribution in [1.29, 1.82) is 0 Å². The van der Waals surface area contributed by atoms with Crippen LogP contribution >= 0.6 is 11.3 Å². The maximum atomic E-state index is 2.47. The van der Waals surface area contributed by atoms with Gasteiger partial charge in [-0.25, -0.2) is 0 Å². The fourth-order valence-corrected chi connectivity index (χ4v) is 10.8. The minimum atomic E-state index is 1.05. The van der Waals surface area contributed by atoms with Gasteiger partial charge in [0.2, 0.25) is 0 Å². The Hall–Kier alpha value is -8.50. The fourth-order valence-electron chi connectivity index (χ4n) is 9.57. The molecule has 12 rings (SSSR count). The third-order valence-electron chi connectivity index (χ3n) is 12.8. The van der Waals surface area contributed by atoms with Gasteiger partial charge in [0.15, 0.2) is 0 Å². The first-order valence-electron chi connectivity index (χ1n) is 22.8. The van der Waals surface area contributed by atoms with Gasteiger partial charge in [0.05, 0.1) is 10.4 Å². The highest BCUT2D eigenvalue weighted by Gasteiger charge is 2.23. The first kappa shape index (κ1) is 40.0. The molecule has 67 heavy (non-hydrogen) atoms. The van der Waals surface area contributed by atoms with Crippen LogP contribution in [-0.2, 0) is 0 Å². The Balaban J connectivity index is 1.11. The van der Waals surface area contributed by atoms with Crippen molar-refractivity contribution < 1.29 is 0 Å². The second kappa shape index (κ2) is 17.5. The molecular formula is C64H44N2S. The molecular weight excluding hydrogens is 829 g/mol. The third-order valence-corrected chi connectivity index (χ3v) is 14.1. The molecule has 0 amide bonds. The summed E-state index contributed by atoms with van der Waals surface area (Å²) >= 11 is 1.86. The lowest BCUT2D eigenvalue weighted by Gasteiger charge is -2.31. The predicted molar refractivity (Wildman–Crippen MR) is 288 cm³/mol. The summed E-state index contributed by atoms with van der Waals surface area (Å²) in [4.78, 5) is 4.89. The van der Waals surface area contributed by atoms with Gasteiger partial charge in [-0.1, -0.05) is 200 Å². The summed E-state index contributed by atoms with van der Waals surface area (Å²) in [7, 11) is 0. The normalized spacial score (nSPS) is 11.3. The van der Waals surface area contributed by atoms with Crippen LogP contribution in [0.3, 0.4) is 0 Å². The van der Waals surface area contributed by atoms with E-state index in [-0.39, 0.29) is 0 Å². The van der Waals surface area contributed by atoms with Crippen LogP contribution in [-0.4, -0.2) is 0 Å². The van der Waals surface area contributed by atoms with Crippen LogP contribution in [0.1, 0.15) is 0 Å². The largest absolute Gasteiger partial charge is 0.310 e. The second-order valence-corrected chi connectivity index (χ2v) is 18.0. The number of hydrogen-bond donors (Lipinski definition) is 0. The third kappa shape index (κ3) is 7.72. The highest BCUT2D eigenvalue weighted by atomic mass is 32.1. The van der Waals surface area contributed by atoms with E-state index in [1.54, 1.807) is 0 Å². The van der Waals surface area contributed by atoms with E-state index in [1.807, 2.05) is 11.3 Å². The number of benzene rings is 11. The molecule has 11 aromatic carbocycles. The molecule has 316 valence electrons. The zero-order valence-corrected chi connectivity index (χ0v) is 37.5. The van der Waals surface area contributed by atoms with Gasteiger partial charge in [-0.05, 0) is 122 Å². The molecule has 0 radical (unpaired) electrons. The highest BCUT2D eigenvalue weighted by molar-refractivity contribution is 7.26. The Morgan fingerprint density at radius 1 is 0.254 bits per heavy atom. The lowest BCUT2D eigenvalue weighted by atomic mass is 9.96. The number of nitrogens with zero attached hydrogens (tertiary/aromatic N) is 2. The number of fused-ring (bicyclic) bond motifs is 4. The van der Waals surface area contributed by atoms with Crippen molar-refractivity contribution >= 4 is 76.4 Å². The van der Waals surface area contributed by atoms with Crippen molar-refractivity contribution in [2.24, 2.45) is 0 Å². The van der Waals surface area contributed by atoms with Crippen molar-refractivity contribution in [3.63, 3.8) is 0 Å². The minimum Gasteiger partial charge on any atom is -0.310 e. The quantitative estimate of drug-likeness (QED) is 0.135. The van der Waals surface area contributed by atoms with E-state index in [9.17, 15) is 0 Å². The molecule has 0 aliphatic rings. The Bertz CT molecular complexity index is 3570. The summed E-state index contributed by atoms with van der Waals surface area (Å²) < 4.78 is 2.52. The van der Waals surface area contributed by atoms with Crippen LogP contribution in [0.2, 0.25) is 0 Å². The lowest BCUT2D eigenvalue weighted by Crippen LogP contribution is -2.14. The Kier molecular flexibility index (Phi) is 10.4.